The topological polar surface area (TPSA) is 107 Å². The Kier molecular flexibility index (Phi) is 3.57. The molecular weight excluding hydrogens is 254 g/mol. The Labute approximate surface area is 108 Å². The molecule has 3 N–H and O–H groups in total. The van der Waals surface area contributed by atoms with Gasteiger partial charge in [0, 0.05) is 6.54 Å². The van der Waals surface area contributed by atoms with Crippen molar-refractivity contribution in [2.24, 2.45) is 0 Å². The third kappa shape index (κ3) is 2.76. The number of ether oxygens (including phenoxy) is 1. The highest BCUT2D eigenvalue weighted by Gasteiger charge is 2.30. The highest BCUT2D eigenvalue weighted by Crippen LogP contribution is 2.24. The number of carboxylic acids is 1. The molecule has 1 saturated heterocycles. The van der Waals surface area contributed by atoms with Crippen LogP contribution in [-0.4, -0.2) is 57.9 Å². The number of aromatic hydroxyl groups is 2. The van der Waals surface area contributed by atoms with Crippen molar-refractivity contribution in [1.29, 1.82) is 0 Å². The number of rotatable bonds is 2. The summed E-state index contributed by atoms with van der Waals surface area (Å²) in [6.45, 7) is 0.253. The van der Waals surface area contributed by atoms with E-state index in [0.717, 1.165) is 6.07 Å². The first-order valence-corrected chi connectivity index (χ1v) is 5.64. The number of aliphatic carboxylic acids is 1. The van der Waals surface area contributed by atoms with Gasteiger partial charge < -0.3 is 25.0 Å². The fraction of sp³-hybridized carbons (Fsp3) is 0.333. The standard InChI is InChI=1S/C12H13NO6/c14-7-1-2-9(15)8(5-7)11(16)13-3-4-19-10(6-13)12(17)18/h1-2,5,10,14-15H,3-4,6H2,(H,17,18). The molecule has 7 nitrogen and oxygen atoms in total. The van der Waals surface area contributed by atoms with Gasteiger partial charge >= 0.3 is 5.97 Å². The molecule has 1 aliphatic rings. The monoisotopic (exact) mass is 267 g/mol. The van der Waals surface area contributed by atoms with Gasteiger partial charge in [0.05, 0.1) is 18.7 Å². The molecule has 0 spiro atoms. The van der Waals surface area contributed by atoms with E-state index in [1.807, 2.05) is 0 Å². The van der Waals surface area contributed by atoms with Crippen molar-refractivity contribution in [1.82, 2.24) is 4.90 Å². The normalized spacial score (nSPS) is 19.2. The summed E-state index contributed by atoms with van der Waals surface area (Å²) in [5, 5.41) is 27.8. The molecule has 0 bridgehead atoms. The molecule has 102 valence electrons. The van der Waals surface area contributed by atoms with Crippen LogP contribution < -0.4 is 0 Å². The maximum absolute atomic E-state index is 12.1. The molecular formula is C12H13NO6. The number of carbonyl (C=O) groups is 2. The van der Waals surface area contributed by atoms with Crippen molar-refractivity contribution in [3.8, 4) is 11.5 Å². The molecule has 1 aliphatic heterocycles. The Morgan fingerprint density at radius 3 is 2.74 bits per heavy atom. The Morgan fingerprint density at radius 2 is 2.05 bits per heavy atom. The quantitative estimate of drug-likeness (QED) is 0.652. The first kappa shape index (κ1) is 13.2. The van der Waals surface area contributed by atoms with Crippen LogP contribution in [0.1, 0.15) is 10.4 Å². The molecule has 0 aromatic heterocycles. The third-order valence-corrected chi connectivity index (χ3v) is 2.84. The van der Waals surface area contributed by atoms with Gasteiger partial charge in [0.2, 0.25) is 0 Å². The molecule has 0 aliphatic carbocycles. The van der Waals surface area contributed by atoms with Gasteiger partial charge in [-0.2, -0.15) is 0 Å². The van der Waals surface area contributed by atoms with Crippen LogP contribution in [0.2, 0.25) is 0 Å². The van der Waals surface area contributed by atoms with Gasteiger partial charge in [0.15, 0.2) is 6.10 Å². The van der Waals surface area contributed by atoms with Gasteiger partial charge in [-0.3, -0.25) is 4.79 Å². The molecule has 1 unspecified atom stereocenters. The van der Waals surface area contributed by atoms with E-state index in [1.165, 1.54) is 17.0 Å². The lowest BCUT2D eigenvalue weighted by atomic mass is 10.1. The summed E-state index contributed by atoms with van der Waals surface area (Å²) in [6, 6.07) is 3.60. The van der Waals surface area contributed by atoms with E-state index in [2.05, 4.69) is 0 Å². The Bertz CT molecular complexity index is 515. The van der Waals surface area contributed by atoms with Crippen LogP contribution >= 0.6 is 0 Å². The molecule has 1 fully saturated rings. The minimum absolute atomic E-state index is 0.0639. The lowest BCUT2D eigenvalue weighted by Gasteiger charge is -2.31. The minimum atomic E-state index is -1.14. The number of phenolic OH excluding ortho intramolecular Hbond substituents is 2. The highest BCUT2D eigenvalue weighted by atomic mass is 16.5. The average Bonchev–Trinajstić information content (AvgIpc) is 2.41. The van der Waals surface area contributed by atoms with E-state index in [9.17, 15) is 19.8 Å². The van der Waals surface area contributed by atoms with E-state index in [4.69, 9.17) is 9.84 Å². The van der Waals surface area contributed by atoms with Crippen LogP contribution in [0.15, 0.2) is 18.2 Å². The average molecular weight is 267 g/mol. The summed E-state index contributed by atoms with van der Waals surface area (Å²) in [7, 11) is 0. The van der Waals surface area contributed by atoms with Gasteiger partial charge in [-0.15, -0.1) is 0 Å². The predicted octanol–water partition coefficient (Wildman–Crippen LogP) is 0.0234. The van der Waals surface area contributed by atoms with Gasteiger partial charge in [-0.25, -0.2) is 4.79 Å². The lowest BCUT2D eigenvalue weighted by Crippen LogP contribution is -2.48. The van der Waals surface area contributed by atoms with Crippen LogP contribution in [0, 0.1) is 0 Å². The van der Waals surface area contributed by atoms with E-state index in [1.54, 1.807) is 0 Å². The fourth-order valence-corrected chi connectivity index (χ4v) is 1.85. The van der Waals surface area contributed by atoms with Crippen molar-refractivity contribution in [2.75, 3.05) is 19.7 Å². The molecule has 7 heteroatoms. The van der Waals surface area contributed by atoms with Crippen LogP contribution in [0.4, 0.5) is 0 Å². The van der Waals surface area contributed by atoms with Crippen LogP contribution in [0.25, 0.3) is 0 Å². The van der Waals surface area contributed by atoms with Crippen molar-refractivity contribution < 1.29 is 29.6 Å². The fourth-order valence-electron chi connectivity index (χ4n) is 1.85. The molecule has 1 heterocycles. The zero-order valence-electron chi connectivity index (χ0n) is 9.94. The number of morpholine rings is 1. The maximum atomic E-state index is 12.1. The smallest absolute Gasteiger partial charge is 0.334 e. The Morgan fingerprint density at radius 1 is 1.32 bits per heavy atom. The lowest BCUT2D eigenvalue weighted by molar-refractivity contribution is -0.154. The van der Waals surface area contributed by atoms with Crippen molar-refractivity contribution in [2.45, 2.75) is 6.10 Å². The van der Waals surface area contributed by atoms with Crippen molar-refractivity contribution in [3.05, 3.63) is 23.8 Å². The minimum Gasteiger partial charge on any atom is -0.508 e. The number of hydrogen-bond acceptors (Lipinski definition) is 5. The van der Waals surface area contributed by atoms with E-state index in [0.29, 0.717) is 0 Å². The van der Waals surface area contributed by atoms with E-state index < -0.39 is 18.0 Å². The Hall–Kier alpha value is -2.28. The largest absolute Gasteiger partial charge is 0.508 e. The summed E-state index contributed by atoms with van der Waals surface area (Å²) in [4.78, 5) is 24.2. The van der Waals surface area contributed by atoms with Gasteiger partial charge in [0.1, 0.15) is 11.5 Å². The third-order valence-electron chi connectivity index (χ3n) is 2.84. The van der Waals surface area contributed by atoms with Crippen LogP contribution in [0.3, 0.4) is 0 Å². The summed E-state index contributed by atoms with van der Waals surface area (Å²) in [5.41, 5.74) is -0.0639. The number of amides is 1. The first-order valence-electron chi connectivity index (χ1n) is 5.64. The van der Waals surface area contributed by atoms with Gasteiger partial charge in [-0.1, -0.05) is 0 Å². The zero-order valence-corrected chi connectivity index (χ0v) is 9.94. The second-order valence-corrected chi connectivity index (χ2v) is 4.15. The molecule has 1 aromatic rings. The number of benzene rings is 1. The molecule has 0 radical (unpaired) electrons. The molecule has 1 atom stereocenters. The molecule has 2 rings (SSSR count). The maximum Gasteiger partial charge on any atom is 0.334 e. The number of carbonyl (C=O) groups excluding carboxylic acids is 1. The van der Waals surface area contributed by atoms with Crippen LogP contribution in [0.5, 0.6) is 11.5 Å². The number of phenols is 2. The highest BCUT2D eigenvalue weighted by molar-refractivity contribution is 5.97. The predicted molar refractivity (Wildman–Crippen MR) is 63.1 cm³/mol. The molecule has 1 aromatic carbocycles. The summed E-state index contributed by atoms with van der Waals surface area (Å²) >= 11 is 0. The number of hydrogen-bond donors (Lipinski definition) is 3. The molecule has 19 heavy (non-hydrogen) atoms. The second-order valence-electron chi connectivity index (χ2n) is 4.15. The number of carboxylic acid groups (broad SMARTS) is 1. The summed E-state index contributed by atoms with van der Waals surface area (Å²) in [5.74, 6) is -2.09. The van der Waals surface area contributed by atoms with Crippen molar-refractivity contribution in [3.63, 3.8) is 0 Å². The summed E-state index contributed by atoms with van der Waals surface area (Å²) in [6.07, 6.45) is -1.07. The summed E-state index contributed by atoms with van der Waals surface area (Å²) < 4.78 is 5.00. The first-order chi connectivity index (χ1) is 8.99. The van der Waals surface area contributed by atoms with Crippen LogP contribution in [-0.2, 0) is 9.53 Å². The Balaban J connectivity index is 2.19. The molecule has 1 amide bonds. The van der Waals surface area contributed by atoms with E-state index >= 15 is 0 Å². The molecule has 0 saturated carbocycles. The van der Waals surface area contributed by atoms with Gasteiger partial charge in [-0.05, 0) is 18.2 Å². The number of nitrogens with zero attached hydrogens (tertiary/aromatic N) is 1. The SMILES string of the molecule is O=C(O)C1CN(C(=O)c2cc(O)ccc2O)CCO1. The van der Waals surface area contributed by atoms with Gasteiger partial charge in [0.25, 0.3) is 5.91 Å². The zero-order chi connectivity index (χ0) is 14.0. The van der Waals surface area contributed by atoms with E-state index in [-0.39, 0.29) is 36.8 Å². The van der Waals surface area contributed by atoms with Crippen molar-refractivity contribution >= 4 is 11.9 Å². The second kappa shape index (κ2) is 5.15.